The number of aromatic nitrogens is 3. The quantitative estimate of drug-likeness (QED) is 0.829. The van der Waals surface area contributed by atoms with Gasteiger partial charge < -0.3 is 4.74 Å². The molecule has 2 aromatic rings. The molecule has 0 N–H and O–H groups in total. The smallest absolute Gasteiger partial charge is 0.161 e. The molecule has 0 amide bonds. The van der Waals surface area contributed by atoms with Crippen LogP contribution in [0.1, 0.15) is 31.6 Å². The van der Waals surface area contributed by atoms with Crippen molar-refractivity contribution >= 4 is 5.65 Å². The summed E-state index contributed by atoms with van der Waals surface area (Å²) in [4.78, 5) is 2.45. The Kier molecular flexibility index (Phi) is 2.91. The first-order valence-corrected chi connectivity index (χ1v) is 6.46. The fourth-order valence-electron chi connectivity index (χ4n) is 2.73. The average molecular weight is 246 g/mol. The van der Waals surface area contributed by atoms with Crippen LogP contribution in [0.3, 0.4) is 0 Å². The van der Waals surface area contributed by atoms with Gasteiger partial charge in [0.1, 0.15) is 5.75 Å². The second-order valence-electron chi connectivity index (χ2n) is 4.64. The van der Waals surface area contributed by atoms with E-state index >= 15 is 0 Å². The molecule has 0 bridgehead atoms. The Labute approximate surface area is 106 Å². The van der Waals surface area contributed by atoms with Crippen LogP contribution >= 0.6 is 0 Å². The SMILES string of the molecule is CCN1CCCC1c1nnc2ccc(OC)cn12. The van der Waals surface area contributed by atoms with E-state index in [2.05, 4.69) is 26.4 Å². The molecule has 1 fully saturated rings. The van der Waals surface area contributed by atoms with Crippen molar-refractivity contribution in [3.8, 4) is 5.75 Å². The van der Waals surface area contributed by atoms with E-state index in [4.69, 9.17) is 4.74 Å². The highest BCUT2D eigenvalue weighted by molar-refractivity contribution is 5.41. The molecule has 0 radical (unpaired) electrons. The normalized spacial score (nSPS) is 20.7. The molecule has 5 nitrogen and oxygen atoms in total. The molecule has 1 unspecified atom stereocenters. The standard InChI is InChI=1S/C13H18N4O/c1-3-16-8-4-5-11(16)13-15-14-12-7-6-10(18-2)9-17(12)13/h6-7,9,11H,3-5,8H2,1-2H3. The van der Waals surface area contributed by atoms with E-state index in [1.54, 1.807) is 7.11 Å². The fourth-order valence-corrected chi connectivity index (χ4v) is 2.73. The topological polar surface area (TPSA) is 42.7 Å². The van der Waals surface area contributed by atoms with Crippen molar-refractivity contribution in [3.05, 3.63) is 24.2 Å². The van der Waals surface area contributed by atoms with Gasteiger partial charge in [-0.2, -0.15) is 0 Å². The molecule has 3 rings (SSSR count). The molecular weight excluding hydrogens is 228 g/mol. The summed E-state index contributed by atoms with van der Waals surface area (Å²) in [5.74, 6) is 1.87. The number of hydrogen-bond acceptors (Lipinski definition) is 4. The lowest BCUT2D eigenvalue weighted by atomic mass is 10.2. The minimum absolute atomic E-state index is 0.386. The summed E-state index contributed by atoms with van der Waals surface area (Å²) in [7, 11) is 1.68. The molecule has 0 aliphatic carbocycles. The van der Waals surface area contributed by atoms with Gasteiger partial charge in [0, 0.05) is 0 Å². The summed E-state index contributed by atoms with van der Waals surface area (Å²) in [5, 5.41) is 8.60. The highest BCUT2D eigenvalue weighted by Crippen LogP contribution is 2.30. The Morgan fingerprint density at radius 3 is 3.06 bits per heavy atom. The van der Waals surface area contributed by atoms with Crippen LogP contribution in [0.15, 0.2) is 18.3 Å². The summed E-state index contributed by atoms with van der Waals surface area (Å²) >= 11 is 0. The van der Waals surface area contributed by atoms with Crippen molar-refractivity contribution in [1.29, 1.82) is 0 Å². The zero-order valence-electron chi connectivity index (χ0n) is 10.8. The molecule has 1 atom stereocenters. The maximum absolute atomic E-state index is 5.27. The molecule has 5 heteroatoms. The van der Waals surface area contributed by atoms with Crippen molar-refractivity contribution in [2.75, 3.05) is 20.2 Å². The van der Waals surface area contributed by atoms with Crippen LogP contribution in [0.2, 0.25) is 0 Å². The summed E-state index contributed by atoms with van der Waals surface area (Å²) < 4.78 is 7.33. The van der Waals surface area contributed by atoms with Crippen LogP contribution in [0.25, 0.3) is 5.65 Å². The number of ether oxygens (including phenoxy) is 1. The van der Waals surface area contributed by atoms with Gasteiger partial charge in [-0.05, 0) is 38.1 Å². The van der Waals surface area contributed by atoms with Crippen LogP contribution < -0.4 is 4.74 Å². The van der Waals surface area contributed by atoms with Crippen molar-refractivity contribution in [3.63, 3.8) is 0 Å². The summed E-state index contributed by atoms with van der Waals surface area (Å²) in [5.41, 5.74) is 0.883. The minimum atomic E-state index is 0.386. The Bertz CT molecular complexity index is 551. The van der Waals surface area contributed by atoms with E-state index in [9.17, 15) is 0 Å². The third kappa shape index (κ3) is 1.75. The van der Waals surface area contributed by atoms with Gasteiger partial charge in [-0.25, -0.2) is 0 Å². The van der Waals surface area contributed by atoms with E-state index in [1.807, 2.05) is 18.3 Å². The molecular formula is C13H18N4O. The number of pyridine rings is 1. The first-order chi connectivity index (χ1) is 8.83. The zero-order chi connectivity index (χ0) is 12.5. The van der Waals surface area contributed by atoms with Crippen LogP contribution in [0.4, 0.5) is 0 Å². The number of fused-ring (bicyclic) bond motifs is 1. The van der Waals surface area contributed by atoms with E-state index in [0.29, 0.717) is 6.04 Å². The van der Waals surface area contributed by atoms with Gasteiger partial charge >= 0.3 is 0 Å². The highest BCUT2D eigenvalue weighted by atomic mass is 16.5. The van der Waals surface area contributed by atoms with Crippen molar-refractivity contribution in [2.24, 2.45) is 0 Å². The van der Waals surface area contributed by atoms with Gasteiger partial charge in [0.15, 0.2) is 11.5 Å². The van der Waals surface area contributed by atoms with Crippen LogP contribution in [-0.2, 0) is 0 Å². The predicted molar refractivity (Wildman–Crippen MR) is 68.8 cm³/mol. The van der Waals surface area contributed by atoms with Crippen molar-refractivity contribution in [1.82, 2.24) is 19.5 Å². The fraction of sp³-hybridized carbons (Fsp3) is 0.538. The second-order valence-corrected chi connectivity index (χ2v) is 4.64. The molecule has 3 heterocycles. The third-order valence-corrected chi connectivity index (χ3v) is 3.71. The summed E-state index contributed by atoms with van der Waals surface area (Å²) in [6.45, 7) is 4.41. The molecule has 18 heavy (non-hydrogen) atoms. The van der Waals surface area contributed by atoms with Crippen molar-refractivity contribution < 1.29 is 4.74 Å². The molecule has 0 aromatic carbocycles. The van der Waals surface area contributed by atoms with E-state index in [0.717, 1.165) is 36.7 Å². The Hall–Kier alpha value is -1.62. The van der Waals surface area contributed by atoms with Gasteiger partial charge in [0.2, 0.25) is 0 Å². The molecule has 1 aliphatic rings. The maximum Gasteiger partial charge on any atom is 0.161 e. The van der Waals surface area contributed by atoms with Crippen LogP contribution in [0.5, 0.6) is 5.75 Å². The first kappa shape index (κ1) is 11.5. The Balaban J connectivity index is 2.05. The molecule has 2 aromatic heterocycles. The van der Waals surface area contributed by atoms with E-state index in [1.165, 1.54) is 6.42 Å². The van der Waals surface area contributed by atoms with Gasteiger partial charge in [-0.1, -0.05) is 6.92 Å². The van der Waals surface area contributed by atoms with Gasteiger partial charge in [0.05, 0.1) is 19.3 Å². The Morgan fingerprint density at radius 1 is 1.39 bits per heavy atom. The number of likely N-dealkylation sites (tertiary alicyclic amines) is 1. The highest BCUT2D eigenvalue weighted by Gasteiger charge is 2.28. The lowest BCUT2D eigenvalue weighted by molar-refractivity contribution is 0.260. The van der Waals surface area contributed by atoms with Gasteiger partial charge in [-0.15, -0.1) is 10.2 Å². The number of rotatable bonds is 3. The minimum Gasteiger partial charge on any atom is -0.495 e. The average Bonchev–Trinajstić information content (AvgIpc) is 3.03. The lowest BCUT2D eigenvalue weighted by Gasteiger charge is -2.21. The van der Waals surface area contributed by atoms with Gasteiger partial charge in [0.25, 0.3) is 0 Å². The van der Waals surface area contributed by atoms with E-state index < -0.39 is 0 Å². The van der Waals surface area contributed by atoms with Crippen LogP contribution in [0, 0.1) is 0 Å². The number of nitrogens with zero attached hydrogens (tertiary/aromatic N) is 4. The largest absolute Gasteiger partial charge is 0.495 e. The molecule has 1 aliphatic heterocycles. The first-order valence-electron chi connectivity index (χ1n) is 6.46. The summed E-state index contributed by atoms with van der Waals surface area (Å²) in [6.07, 6.45) is 4.36. The molecule has 0 spiro atoms. The van der Waals surface area contributed by atoms with E-state index in [-0.39, 0.29) is 0 Å². The molecule has 1 saturated heterocycles. The lowest BCUT2D eigenvalue weighted by Crippen LogP contribution is -2.24. The number of hydrogen-bond donors (Lipinski definition) is 0. The second kappa shape index (κ2) is 4.57. The zero-order valence-corrected chi connectivity index (χ0v) is 10.8. The van der Waals surface area contributed by atoms with Crippen molar-refractivity contribution in [2.45, 2.75) is 25.8 Å². The maximum atomic E-state index is 5.27. The third-order valence-electron chi connectivity index (χ3n) is 3.71. The van der Waals surface area contributed by atoms with Crippen LogP contribution in [-0.4, -0.2) is 39.7 Å². The molecule has 0 saturated carbocycles. The molecule has 96 valence electrons. The Morgan fingerprint density at radius 2 is 2.28 bits per heavy atom. The monoisotopic (exact) mass is 246 g/mol. The predicted octanol–water partition coefficient (Wildman–Crippen LogP) is 1.89. The van der Waals surface area contributed by atoms with Gasteiger partial charge in [-0.3, -0.25) is 9.30 Å². The number of methoxy groups -OCH3 is 1. The summed E-state index contributed by atoms with van der Waals surface area (Å²) in [6, 6.07) is 4.25.